The van der Waals surface area contributed by atoms with Crippen LogP contribution in [0.3, 0.4) is 0 Å². The summed E-state index contributed by atoms with van der Waals surface area (Å²) < 4.78 is 0.761. The quantitative estimate of drug-likeness (QED) is 0.711. The van der Waals surface area contributed by atoms with Crippen LogP contribution >= 0.6 is 15.9 Å². The zero-order valence-electron chi connectivity index (χ0n) is 12.7. The molecule has 0 radical (unpaired) electrons. The number of anilines is 1. The number of carbonyl (C=O) groups is 1. The first-order chi connectivity index (χ1) is 11.0. The van der Waals surface area contributed by atoms with Crippen LogP contribution in [-0.2, 0) is 0 Å². The van der Waals surface area contributed by atoms with Crippen LogP contribution in [0.25, 0.3) is 10.9 Å². The van der Waals surface area contributed by atoms with E-state index in [4.69, 9.17) is 0 Å². The lowest BCUT2D eigenvalue weighted by atomic mass is 10.1. The van der Waals surface area contributed by atoms with Crippen molar-refractivity contribution >= 4 is 38.4 Å². The number of H-pyrrole nitrogens is 1. The Hall–Kier alpha value is -2.40. The van der Waals surface area contributed by atoms with E-state index in [2.05, 4.69) is 26.2 Å². The first kappa shape index (κ1) is 15.5. The summed E-state index contributed by atoms with van der Waals surface area (Å²) >= 11 is 3.37. The number of rotatable bonds is 2. The van der Waals surface area contributed by atoms with Gasteiger partial charge in [0.25, 0.3) is 11.5 Å². The second kappa shape index (κ2) is 6.01. The van der Waals surface area contributed by atoms with Gasteiger partial charge in [0, 0.05) is 4.47 Å². The van der Waals surface area contributed by atoms with Crippen molar-refractivity contribution in [3.8, 4) is 0 Å². The molecule has 4 nitrogen and oxygen atoms in total. The number of aromatic amines is 1. The highest BCUT2D eigenvalue weighted by Crippen LogP contribution is 2.22. The summed E-state index contributed by atoms with van der Waals surface area (Å²) in [4.78, 5) is 27.5. The van der Waals surface area contributed by atoms with E-state index in [-0.39, 0.29) is 5.56 Å². The number of halogens is 1. The average molecular weight is 371 g/mol. The Bertz CT molecular complexity index is 976. The van der Waals surface area contributed by atoms with Gasteiger partial charge in [-0.3, -0.25) is 9.59 Å². The number of benzene rings is 2. The van der Waals surface area contributed by atoms with Crippen LogP contribution in [0.5, 0.6) is 0 Å². The van der Waals surface area contributed by atoms with Crippen molar-refractivity contribution < 1.29 is 4.79 Å². The molecule has 1 heterocycles. The number of aryl methyl sites for hydroxylation is 2. The maximum atomic E-state index is 12.4. The molecule has 0 saturated heterocycles. The molecule has 116 valence electrons. The SMILES string of the molecule is Cc1cc(C)c2[nH]c(=O)c(C(=O)Nc3ccccc3Br)cc2c1. The van der Waals surface area contributed by atoms with Gasteiger partial charge >= 0.3 is 0 Å². The van der Waals surface area contributed by atoms with E-state index in [0.29, 0.717) is 5.69 Å². The van der Waals surface area contributed by atoms with Crippen LogP contribution in [0.2, 0.25) is 0 Å². The molecular formula is C18H15BrN2O2. The standard InChI is InChI=1S/C18H15BrN2O2/c1-10-7-11(2)16-12(8-10)9-13(18(23)21-16)17(22)20-15-6-4-3-5-14(15)19/h3-9H,1-2H3,(H,20,22)(H,21,23). The number of fused-ring (bicyclic) bond motifs is 1. The fourth-order valence-electron chi connectivity index (χ4n) is 2.61. The van der Waals surface area contributed by atoms with Gasteiger partial charge in [0.1, 0.15) is 5.56 Å². The minimum atomic E-state index is -0.431. The minimum Gasteiger partial charge on any atom is -0.321 e. The van der Waals surface area contributed by atoms with Crippen molar-refractivity contribution in [1.82, 2.24) is 4.98 Å². The Morgan fingerprint density at radius 1 is 1.13 bits per heavy atom. The van der Waals surface area contributed by atoms with Crippen LogP contribution in [-0.4, -0.2) is 10.9 Å². The summed E-state index contributed by atoms with van der Waals surface area (Å²) in [6, 6.07) is 12.9. The van der Waals surface area contributed by atoms with Crippen molar-refractivity contribution in [3.05, 3.63) is 74.0 Å². The fraction of sp³-hybridized carbons (Fsp3) is 0.111. The van der Waals surface area contributed by atoms with E-state index in [9.17, 15) is 9.59 Å². The zero-order chi connectivity index (χ0) is 16.6. The summed E-state index contributed by atoms with van der Waals surface area (Å²) in [5.74, 6) is -0.431. The summed E-state index contributed by atoms with van der Waals surface area (Å²) in [7, 11) is 0. The molecule has 5 heteroatoms. The molecule has 2 N–H and O–H groups in total. The number of carbonyl (C=O) groups excluding carboxylic acids is 1. The molecule has 2 aromatic carbocycles. The Kier molecular flexibility index (Phi) is 4.05. The number of para-hydroxylation sites is 1. The highest BCUT2D eigenvalue weighted by molar-refractivity contribution is 9.10. The predicted octanol–water partition coefficient (Wildman–Crippen LogP) is 4.16. The molecule has 0 saturated carbocycles. The molecule has 1 aromatic heterocycles. The summed E-state index contributed by atoms with van der Waals surface area (Å²) in [6.45, 7) is 3.92. The molecule has 0 spiro atoms. The maximum absolute atomic E-state index is 12.4. The van der Waals surface area contributed by atoms with E-state index >= 15 is 0 Å². The number of hydrogen-bond donors (Lipinski definition) is 2. The van der Waals surface area contributed by atoms with E-state index in [1.54, 1.807) is 12.1 Å². The highest BCUT2D eigenvalue weighted by Gasteiger charge is 2.14. The number of nitrogens with one attached hydrogen (secondary N) is 2. The molecule has 3 aromatic rings. The van der Waals surface area contributed by atoms with Crippen molar-refractivity contribution in [2.45, 2.75) is 13.8 Å². The Morgan fingerprint density at radius 2 is 1.87 bits per heavy atom. The monoisotopic (exact) mass is 370 g/mol. The number of aromatic nitrogens is 1. The van der Waals surface area contributed by atoms with E-state index in [1.807, 2.05) is 44.2 Å². The highest BCUT2D eigenvalue weighted by atomic mass is 79.9. The molecule has 0 atom stereocenters. The molecule has 0 aliphatic rings. The van der Waals surface area contributed by atoms with Gasteiger partial charge in [-0.2, -0.15) is 0 Å². The first-order valence-electron chi connectivity index (χ1n) is 7.16. The predicted molar refractivity (Wildman–Crippen MR) is 96.1 cm³/mol. The molecular weight excluding hydrogens is 356 g/mol. The van der Waals surface area contributed by atoms with Crippen LogP contribution in [0.15, 0.2) is 51.7 Å². The van der Waals surface area contributed by atoms with E-state index in [0.717, 1.165) is 26.5 Å². The van der Waals surface area contributed by atoms with Gasteiger partial charge in [-0.1, -0.05) is 23.8 Å². The summed E-state index contributed by atoms with van der Waals surface area (Å²) in [5, 5.41) is 3.60. The molecule has 1 amide bonds. The Balaban J connectivity index is 2.06. The Labute approximate surface area is 141 Å². The molecule has 0 fully saturated rings. The largest absolute Gasteiger partial charge is 0.321 e. The van der Waals surface area contributed by atoms with Gasteiger partial charge in [0.2, 0.25) is 0 Å². The molecule has 0 aliphatic carbocycles. The van der Waals surface area contributed by atoms with Gasteiger partial charge in [0.05, 0.1) is 11.2 Å². The lowest BCUT2D eigenvalue weighted by Crippen LogP contribution is -2.23. The number of hydrogen-bond acceptors (Lipinski definition) is 2. The maximum Gasteiger partial charge on any atom is 0.261 e. The summed E-state index contributed by atoms with van der Waals surface area (Å²) in [6.07, 6.45) is 0. The van der Waals surface area contributed by atoms with E-state index in [1.165, 1.54) is 0 Å². The van der Waals surface area contributed by atoms with Crippen LogP contribution in [0, 0.1) is 13.8 Å². The minimum absolute atomic E-state index is 0.0956. The second-order valence-corrected chi connectivity index (χ2v) is 6.35. The smallest absolute Gasteiger partial charge is 0.261 e. The summed E-state index contributed by atoms with van der Waals surface area (Å²) in [5.41, 5.74) is 3.15. The number of pyridine rings is 1. The van der Waals surface area contributed by atoms with Gasteiger partial charge < -0.3 is 10.3 Å². The van der Waals surface area contributed by atoms with Crippen LogP contribution < -0.4 is 10.9 Å². The van der Waals surface area contributed by atoms with Gasteiger partial charge in [0.15, 0.2) is 0 Å². The number of amides is 1. The lowest BCUT2D eigenvalue weighted by Gasteiger charge is -2.09. The van der Waals surface area contributed by atoms with Gasteiger partial charge in [-0.15, -0.1) is 0 Å². The third kappa shape index (κ3) is 3.05. The topological polar surface area (TPSA) is 62.0 Å². The lowest BCUT2D eigenvalue weighted by molar-refractivity contribution is 0.102. The van der Waals surface area contributed by atoms with Crippen molar-refractivity contribution in [2.75, 3.05) is 5.32 Å². The third-order valence-corrected chi connectivity index (χ3v) is 4.35. The van der Waals surface area contributed by atoms with E-state index < -0.39 is 11.5 Å². The van der Waals surface area contributed by atoms with Crippen LogP contribution in [0.1, 0.15) is 21.5 Å². The van der Waals surface area contributed by atoms with Crippen molar-refractivity contribution in [2.24, 2.45) is 0 Å². The van der Waals surface area contributed by atoms with Crippen molar-refractivity contribution in [3.63, 3.8) is 0 Å². The van der Waals surface area contributed by atoms with Gasteiger partial charge in [-0.25, -0.2) is 0 Å². The molecule has 23 heavy (non-hydrogen) atoms. The normalized spacial score (nSPS) is 10.7. The molecule has 3 rings (SSSR count). The molecule has 0 aliphatic heterocycles. The van der Waals surface area contributed by atoms with Crippen molar-refractivity contribution in [1.29, 1.82) is 0 Å². The molecule has 0 bridgehead atoms. The fourth-order valence-corrected chi connectivity index (χ4v) is 2.99. The van der Waals surface area contributed by atoms with Crippen LogP contribution in [0.4, 0.5) is 5.69 Å². The molecule has 0 unspecified atom stereocenters. The van der Waals surface area contributed by atoms with Gasteiger partial charge in [-0.05, 0) is 65.0 Å². The average Bonchev–Trinajstić information content (AvgIpc) is 2.49. The zero-order valence-corrected chi connectivity index (χ0v) is 14.3. The Morgan fingerprint density at radius 3 is 2.61 bits per heavy atom. The third-order valence-electron chi connectivity index (χ3n) is 3.66. The second-order valence-electron chi connectivity index (χ2n) is 5.49. The first-order valence-corrected chi connectivity index (χ1v) is 7.95.